The molecule has 0 saturated heterocycles. The minimum Gasteiger partial charge on any atom is -0.384 e. The first-order valence-electron chi connectivity index (χ1n) is 4.85. The van der Waals surface area contributed by atoms with Gasteiger partial charge in [-0.1, -0.05) is 20.8 Å². The quantitative estimate of drug-likeness (QED) is 0.465. The summed E-state index contributed by atoms with van der Waals surface area (Å²) >= 11 is 1.61. The standard InChI is InChI=1S/C10H16N4S/c1-6(2)7(3)15-10-8(9(11)12)4-5-13-14-10/h4-7H,1-3H3,(H3,11,12). The van der Waals surface area contributed by atoms with Crippen LogP contribution in [0, 0.1) is 11.3 Å². The molecule has 0 aliphatic heterocycles. The van der Waals surface area contributed by atoms with Crippen LogP contribution in [0.25, 0.3) is 0 Å². The van der Waals surface area contributed by atoms with E-state index in [4.69, 9.17) is 11.1 Å². The van der Waals surface area contributed by atoms with Gasteiger partial charge in [-0.2, -0.15) is 5.10 Å². The van der Waals surface area contributed by atoms with Gasteiger partial charge in [-0.3, -0.25) is 5.41 Å². The molecule has 15 heavy (non-hydrogen) atoms. The smallest absolute Gasteiger partial charge is 0.130 e. The third-order valence-corrected chi connectivity index (χ3v) is 3.65. The number of nitrogen functional groups attached to an aromatic ring is 1. The largest absolute Gasteiger partial charge is 0.384 e. The number of hydrogen-bond donors (Lipinski definition) is 2. The van der Waals surface area contributed by atoms with Gasteiger partial charge >= 0.3 is 0 Å². The lowest BCUT2D eigenvalue weighted by Gasteiger charge is -2.15. The van der Waals surface area contributed by atoms with Crippen LogP contribution in [0.1, 0.15) is 26.3 Å². The monoisotopic (exact) mass is 224 g/mol. The Morgan fingerprint density at radius 3 is 2.67 bits per heavy atom. The van der Waals surface area contributed by atoms with E-state index in [0.29, 0.717) is 16.7 Å². The maximum absolute atomic E-state index is 7.42. The maximum atomic E-state index is 7.42. The Hall–Kier alpha value is -1.10. The number of rotatable bonds is 4. The van der Waals surface area contributed by atoms with Crippen LogP contribution < -0.4 is 5.73 Å². The number of nitrogens with two attached hydrogens (primary N) is 1. The average molecular weight is 224 g/mol. The number of thioether (sulfide) groups is 1. The van der Waals surface area contributed by atoms with Gasteiger partial charge in [-0.05, 0) is 12.0 Å². The zero-order valence-electron chi connectivity index (χ0n) is 9.19. The second kappa shape index (κ2) is 5.11. The second-order valence-electron chi connectivity index (χ2n) is 3.73. The van der Waals surface area contributed by atoms with Crippen LogP contribution in [0.2, 0.25) is 0 Å². The fourth-order valence-electron chi connectivity index (χ4n) is 0.923. The summed E-state index contributed by atoms with van der Waals surface area (Å²) in [5, 5.41) is 16.4. The molecular formula is C10H16N4S. The maximum Gasteiger partial charge on any atom is 0.130 e. The highest BCUT2D eigenvalue weighted by molar-refractivity contribution is 7.99. The predicted molar refractivity (Wildman–Crippen MR) is 63.2 cm³/mol. The van der Waals surface area contributed by atoms with Gasteiger partial charge in [0.15, 0.2) is 0 Å². The zero-order valence-corrected chi connectivity index (χ0v) is 10.0. The molecule has 1 aromatic heterocycles. The minimum atomic E-state index is 0.0448. The lowest BCUT2D eigenvalue weighted by Crippen LogP contribution is -2.15. The van der Waals surface area contributed by atoms with E-state index in [2.05, 4.69) is 31.0 Å². The van der Waals surface area contributed by atoms with Crippen molar-refractivity contribution < 1.29 is 0 Å². The Labute approximate surface area is 94.2 Å². The molecule has 1 rings (SSSR count). The Morgan fingerprint density at radius 2 is 2.13 bits per heavy atom. The predicted octanol–water partition coefficient (Wildman–Crippen LogP) is 1.90. The van der Waals surface area contributed by atoms with Crippen molar-refractivity contribution in [2.24, 2.45) is 11.7 Å². The molecule has 0 radical (unpaired) electrons. The number of nitrogens with zero attached hydrogens (tertiary/aromatic N) is 2. The van der Waals surface area contributed by atoms with E-state index in [9.17, 15) is 0 Å². The van der Waals surface area contributed by atoms with Crippen molar-refractivity contribution in [1.82, 2.24) is 10.2 Å². The molecule has 0 fully saturated rings. The van der Waals surface area contributed by atoms with Gasteiger partial charge in [-0.25, -0.2) is 0 Å². The summed E-state index contributed by atoms with van der Waals surface area (Å²) in [4.78, 5) is 0. The van der Waals surface area contributed by atoms with E-state index in [1.54, 1.807) is 24.0 Å². The van der Waals surface area contributed by atoms with E-state index in [0.717, 1.165) is 5.03 Å². The first-order valence-corrected chi connectivity index (χ1v) is 5.73. The molecule has 0 bridgehead atoms. The van der Waals surface area contributed by atoms with E-state index in [-0.39, 0.29) is 5.84 Å². The van der Waals surface area contributed by atoms with E-state index in [1.807, 2.05) is 0 Å². The summed E-state index contributed by atoms with van der Waals surface area (Å²) in [7, 11) is 0. The molecule has 3 N–H and O–H groups in total. The highest BCUT2D eigenvalue weighted by Crippen LogP contribution is 2.27. The normalized spacial score (nSPS) is 12.8. The molecule has 1 unspecified atom stereocenters. The summed E-state index contributed by atoms with van der Waals surface area (Å²) in [6, 6.07) is 1.73. The highest BCUT2D eigenvalue weighted by atomic mass is 32.2. The van der Waals surface area contributed by atoms with Gasteiger partial charge in [0.25, 0.3) is 0 Å². The Morgan fingerprint density at radius 1 is 1.47 bits per heavy atom. The van der Waals surface area contributed by atoms with Crippen molar-refractivity contribution in [3.63, 3.8) is 0 Å². The van der Waals surface area contributed by atoms with Crippen molar-refractivity contribution in [3.8, 4) is 0 Å². The van der Waals surface area contributed by atoms with Crippen LogP contribution in [0.4, 0.5) is 0 Å². The fourth-order valence-corrected chi connectivity index (χ4v) is 1.95. The molecular weight excluding hydrogens is 208 g/mol. The first-order chi connectivity index (χ1) is 7.02. The van der Waals surface area contributed by atoms with Gasteiger partial charge in [-0.15, -0.1) is 16.9 Å². The van der Waals surface area contributed by atoms with Crippen LogP contribution in [0.15, 0.2) is 17.3 Å². The topological polar surface area (TPSA) is 75.7 Å². The van der Waals surface area contributed by atoms with Gasteiger partial charge in [0.2, 0.25) is 0 Å². The number of amidine groups is 1. The van der Waals surface area contributed by atoms with Crippen LogP contribution in [0.3, 0.4) is 0 Å². The summed E-state index contributed by atoms with van der Waals surface area (Å²) in [5.74, 6) is 0.597. The molecule has 0 aliphatic carbocycles. The molecule has 0 amide bonds. The number of hydrogen-bond acceptors (Lipinski definition) is 4. The van der Waals surface area contributed by atoms with Gasteiger partial charge in [0.1, 0.15) is 10.9 Å². The van der Waals surface area contributed by atoms with E-state index >= 15 is 0 Å². The summed E-state index contributed by atoms with van der Waals surface area (Å²) in [5.41, 5.74) is 6.14. The van der Waals surface area contributed by atoms with E-state index in [1.165, 1.54) is 0 Å². The summed E-state index contributed by atoms with van der Waals surface area (Å²) < 4.78 is 0. The SMILES string of the molecule is CC(C)C(C)Sc1nnccc1C(=N)N. The van der Waals surface area contributed by atoms with Crippen LogP contribution in [0.5, 0.6) is 0 Å². The van der Waals surface area contributed by atoms with Crippen LogP contribution >= 0.6 is 11.8 Å². The van der Waals surface area contributed by atoms with Gasteiger partial charge < -0.3 is 5.73 Å². The average Bonchev–Trinajstić information content (AvgIpc) is 2.18. The molecule has 1 heterocycles. The van der Waals surface area contributed by atoms with Crippen LogP contribution in [-0.2, 0) is 0 Å². The molecule has 0 aliphatic rings. The molecule has 0 spiro atoms. The molecule has 4 nitrogen and oxygen atoms in total. The summed E-state index contributed by atoms with van der Waals surface area (Å²) in [6.07, 6.45) is 1.56. The first kappa shape index (κ1) is 12.0. The molecule has 5 heteroatoms. The third kappa shape index (κ3) is 3.20. The summed E-state index contributed by atoms with van der Waals surface area (Å²) in [6.45, 7) is 6.44. The number of nitrogens with one attached hydrogen (secondary N) is 1. The highest BCUT2D eigenvalue weighted by Gasteiger charge is 2.14. The fraction of sp³-hybridized carbons (Fsp3) is 0.500. The van der Waals surface area contributed by atoms with Crippen LogP contribution in [-0.4, -0.2) is 21.3 Å². The molecule has 0 aromatic carbocycles. The molecule has 0 saturated carbocycles. The Kier molecular flexibility index (Phi) is 4.08. The van der Waals surface area contributed by atoms with Crippen molar-refractivity contribution in [3.05, 3.63) is 17.8 Å². The lowest BCUT2D eigenvalue weighted by atomic mass is 10.2. The minimum absolute atomic E-state index is 0.0448. The van der Waals surface area contributed by atoms with Gasteiger partial charge in [0.05, 0.1) is 11.8 Å². The molecule has 1 aromatic rings. The third-order valence-electron chi connectivity index (χ3n) is 2.21. The Balaban J connectivity index is 2.89. The van der Waals surface area contributed by atoms with Crippen molar-refractivity contribution in [1.29, 1.82) is 5.41 Å². The zero-order chi connectivity index (χ0) is 11.4. The van der Waals surface area contributed by atoms with Crippen molar-refractivity contribution in [2.45, 2.75) is 31.0 Å². The van der Waals surface area contributed by atoms with Crippen molar-refractivity contribution >= 4 is 17.6 Å². The van der Waals surface area contributed by atoms with Crippen molar-refractivity contribution in [2.75, 3.05) is 0 Å². The number of aromatic nitrogens is 2. The second-order valence-corrected chi connectivity index (χ2v) is 5.10. The van der Waals surface area contributed by atoms with Gasteiger partial charge in [0, 0.05) is 5.25 Å². The lowest BCUT2D eigenvalue weighted by molar-refractivity contribution is 0.641. The van der Waals surface area contributed by atoms with E-state index < -0.39 is 0 Å². The molecule has 82 valence electrons. The Bertz CT molecular complexity index is 351. The molecule has 1 atom stereocenters.